The Morgan fingerprint density at radius 3 is 2.71 bits per heavy atom. The molecule has 3 N–H and O–H groups in total. The summed E-state index contributed by atoms with van der Waals surface area (Å²) in [5.41, 5.74) is -0.365. The molecule has 0 aliphatic heterocycles. The molecule has 0 unspecified atom stereocenters. The van der Waals surface area contributed by atoms with Crippen molar-refractivity contribution in [1.29, 1.82) is 0 Å². The molecular formula is C16H23NO3S. The maximum absolute atomic E-state index is 12.9. The minimum Gasteiger partial charge on any atom is -0.396 e. The second-order valence-corrected chi connectivity index (χ2v) is 7.37. The van der Waals surface area contributed by atoms with Crippen LogP contribution in [-0.4, -0.2) is 34.9 Å². The Morgan fingerprint density at radius 2 is 2.14 bits per heavy atom. The van der Waals surface area contributed by atoms with Crippen LogP contribution in [0.1, 0.15) is 43.4 Å². The van der Waals surface area contributed by atoms with Crippen molar-refractivity contribution in [2.45, 2.75) is 56.1 Å². The molecule has 1 aromatic heterocycles. The predicted octanol–water partition coefficient (Wildman–Crippen LogP) is 1.81. The summed E-state index contributed by atoms with van der Waals surface area (Å²) in [4.78, 5) is 14.0. The van der Waals surface area contributed by atoms with Crippen LogP contribution < -0.4 is 5.32 Å². The van der Waals surface area contributed by atoms with Gasteiger partial charge in [-0.15, -0.1) is 11.3 Å². The molecule has 1 heterocycles. The van der Waals surface area contributed by atoms with Gasteiger partial charge in [0.05, 0.1) is 11.5 Å². The van der Waals surface area contributed by atoms with Crippen LogP contribution in [0, 0.1) is 5.92 Å². The Hall–Kier alpha value is -0.910. The van der Waals surface area contributed by atoms with Gasteiger partial charge >= 0.3 is 0 Å². The van der Waals surface area contributed by atoms with E-state index in [1.54, 1.807) is 11.3 Å². The fourth-order valence-corrected chi connectivity index (χ4v) is 4.84. The molecule has 3 atom stereocenters. The lowest BCUT2D eigenvalue weighted by Crippen LogP contribution is -2.46. The average molecular weight is 309 g/mol. The highest BCUT2D eigenvalue weighted by Gasteiger charge is 2.45. The molecular weight excluding hydrogens is 286 g/mol. The lowest BCUT2D eigenvalue weighted by molar-refractivity contribution is -0.127. The molecule has 0 saturated heterocycles. The number of nitrogens with one attached hydrogen (secondary N) is 1. The second kappa shape index (κ2) is 6.07. The van der Waals surface area contributed by atoms with Gasteiger partial charge in [0.1, 0.15) is 0 Å². The van der Waals surface area contributed by atoms with Crippen molar-refractivity contribution in [2.24, 2.45) is 5.92 Å². The van der Waals surface area contributed by atoms with Gasteiger partial charge in [-0.05, 0) is 37.1 Å². The fourth-order valence-electron chi connectivity index (χ4n) is 3.86. The number of hydrogen-bond acceptors (Lipinski definition) is 4. The van der Waals surface area contributed by atoms with Crippen molar-refractivity contribution in [3.05, 3.63) is 22.4 Å². The smallest absolute Gasteiger partial charge is 0.231 e. The highest BCUT2D eigenvalue weighted by molar-refractivity contribution is 7.10. The van der Waals surface area contributed by atoms with E-state index < -0.39 is 6.10 Å². The third-order valence-corrected chi connectivity index (χ3v) is 6.19. The first-order chi connectivity index (χ1) is 10.2. The van der Waals surface area contributed by atoms with Gasteiger partial charge in [0.2, 0.25) is 5.91 Å². The van der Waals surface area contributed by atoms with Crippen molar-refractivity contribution in [2.75, 3.05) is 6.61 Å². The molecule has 2 aliphatic carbocycles. The van der Waals surface area contributed by atoms with Gasteiger partial charge in [-0.25, -0.2) is 0 Å². The van der Waals surface area contributed by atoms with E-state index in [-0.39, 0.29) is 29.9 Å². The molecule has 2 fully saturated rings. The Kier molecular flexibility index (Phi) is 4.33. The zero-order chi connectivity index (χ0) is 14.9. The molecule has 5 heteroatoms. The van der Waals surface area contributed by atoms with Crippen LogP contribution in [0.5, 0.6) is 0 Å². The summed E-state index contributed by atoms with van der Waals surface area (Å²) >= 11 is 1.66. The molecule has 1 amide bonds. The van der Waals surface area contributed by atoms with Crippen molar-refractivity contribution in [1.82, 2.24) is 5.32 Å². The van der Waals surface area contributed by atoms with Crippen LogP contribution in [0.25, 0.3) is 0 Å². The summed E-state index contributed by atoms with van der Waals surface area (Å²) in [6.07, 6.45) is 4.74. The largest absolute Gasteiger partial charge is 0.396 e. The normalized spacial score (nSPS) is 31.4. The topological polar surface area (TPSA) is 69.6 Å². The van der Waals surface area contributed by atoms with Crippen molar-refractivity contribution in [3.8, 4) is 0 Å². The maximum atomic E-state index is 12.9. The summed E-state index contributed by atoms with van der Waals surface area (Å²) in [5.74, 6) is 0.00908. The first kappa shape index (κ1) is 15.0. The third-order valence-electron chi connectivity index (χ3n) is 5.11. The van der Waals surface area contributed by atoms with Gasteiger partial charge in [-0.2, -0.15) is 0 Å². The monoisotopic (exact) mass is 309 g/mol. The van der Waals surface area contributed by atoms with E-state index in [1.807, 2.05) is 11.4 Å². The SMILES string of the molecule is O=C(N[C@H]1C[C@H](CO)[C@H](O)C1)C1(c2cccs2)CCCC1. The van der Waals surface area contributed by atoms with E-state index in [4.69, 9.17) is 0 Å². The minimum absolute atomic E-state index is 0.0103. The Balaban J connectivity index is 1.72. The summed E-state index contributed by atoms with van der Waals surface area (Å²) in [6, 6.07) is 4.06. The summed E-state index contributed by atoms with van der Waals surface area (Å²) in [5, 5.41) is 24.3. The molecule has 0 aromatic carbocycles. The molecule has 0 spiro atoms. The second-order valence-electron chi connectivity index (χ2n) is 6.42. The maximum Gasteiger partial charge on any atom is 0.231 e. The van der Waals surface area contributed by atoms with Gasteiger partial charge in [0, 0.05) is 23.4 Å². The lowest BCUT2D eigenvalue weighted by Gasteiger charge is -2.28. The van der Waals surface area contributed by atoms with Crippen LogP contribution in [-0.2, 0) is 10.2 Å². The van der Waals surface area contributed by atoms with Gasteiger partial charge < -0.3 is 15.5 Å². The number of hydrogen-bond donors (Lipinski definition) is 3. The average Bonchev–Trinajstić information content (AvgIpc) is 3.19. The van der Waals surface area contributed by atoms with Crippen molar-refractivity contribution in [3.63, 3.8) is 0 Å². The summed E-state index contributed by atoms with van der Waals surface area (Å²) in [7, 11) is 0. The first-order valence-corrected chi connectivity index (χ1v) is 8.67. The zero-order valence-corrected chi connectivity index (χ0v) is 12.9. The summed E-state index contributed by atoms with van der Waals surface area (Å²) < 4.78 is 0. The van der Waals surface area contributed by atoms with Gasteiger partial charge in [-0.3, -0.25) is 4.79 Å². The molecule has 3 rings (SSSR count). The van der Waals surface area contributed by atoms with Gasteiger partial charge in [0.15, 0.2) is 0 Å². The van der Waals surface area contributed by atoms with Crippen LogP contribution in [0.2, 0.25) is 0 Å². The number of aliphatic hydroxyl groups is 2. The third kappa shape index (κ3) is 2.74. The van der Waals surface area contributed by atoms with E-state index in [9.17, 15) is 15.0 Å². The molecule has 2 saturated carbocycles. The first-order valence-electron chi connectivity index (χ1n) is 7.79. The van der Waals surface area contributed by atoms with E-state index in [0.29, 0.717) is 12.8 Å². The molecule has 21 heavy (non-hydrogen) atoms. The fraction of sp³-hybridized carbons (Fsp3) is 0.688. The van der Waals surface area contributed by atoms with E-state index >= 15 is 0 Å². The van der Waals surface area contributed by atoms with Crippen LogP contribution in [0.4, 0.5) is 0 Å². The number of carbonyl (C=O) groups is 1. The van der Waals surface area contributed by atoms with Crippen LogP contribution >= 0.6 is 11.3 Å². The predicted molar refractivity (Wildman–Crippen MR) is 82.2 cm³/mol. The van der Waals surface area contributed by atoms with Gasteiger partial charge in [-0.1, -0.05) is 18.9 Å². The Bertz CT molecular complexity index is 482. The molecule has 0 radical (unpaired) electrons. The lowest BCUT2D eigenvalue weighted by atomic mass is 9.83. The molecule has 116 valence electrons. The molecule has 1 aromatic rings. The molecule has 4 nitrogen and oxygen atoms in total. The molecule has 2 aliphatic rings. The number of carbonyl (C=O) groups excluding carboxylic acids is 1. The number of thiophene rings is 1. The van der Waals surface area contributed by atoms with Crippen LogP contribution in [0.3, 0.4) is 0 Å². The van der Waals surface area contributed by atoms with Crippen molar-refractivity contribution >= 4 is 17.2 Å². The van der Waals surface area contributed by atoms with Crippen molar-refractivity contribution < 1.29 is 15.0 Å². The number of amides is 1. The quantitative estimate of drug-likeness (QED) is 0.794. The highest BCUT2D eigenvalue weighted by atomic mass is 32.1. The highest BCUT2D eigenvalue weighted by Crippen LogP contribution is 2.43. The van der Waals surface area contributed by atoms with E-state index in [1.165, 1.54) is 0 Å². The molecule has 0 bridgehead atoms. The zero-order valence-electron chi connectivity index (χ0n) is 12.1. The standard InChI is InChI=1S/C16H23NO3S/c18-10-11-8-12(9-13(11)19)17-15(20)16(5-1-2-6-16)14-4-3-7-21-14/h3-4,7,11-13,18-19H,1-2,5-6,8-10H2,(H,17,20)/t11-,12+,13-/m1/s1. The van der Waals surface area contributed by atoms with Gasteiger partial charge in [0.25, 0.3) is 0 Å². The van der Waals surface area contributed by atoms with E-state index in [2.05, 4.69) is 11.4 Å². The van der Waals surface area contributed by atoms with Crippen LogP contribution in [0.15, 0.2) is 17.5 Å². The Labute approximate surface area is 129 Å². The Morgan fingerprint density at radius 1 is 1.38 bits per heavy atom. The van der Waals surface area contributed by atoms with E-state index in [0.717, 1.165) is 30.6 Å². The minimum atomic E-state index is -0.499. The summed E-state index contributed by atoms with van der Waals surface area (Å²) in [6.45, 7) is -0.0103. The number of aliphatic hydroxyl groups excluding tert-OH is 2. The number of rotatable bonds is 4.